The minimum Gasteiger partial charge on any atom is -0.339 e. The molecule has 0 aliphatic carbocycles. The summed E-state index contributed by atoms with van der Waals surface area (Å²) in [5, 5.41) is 0. The van der Waals surface area contributed by atoms with Gasteiger partial charge in [0.1, 0.15) is 0 Å². The van der Waals surface area contributed by atoms with Gasteiger partial charge < -0.3 is 10.6 Å². The first-order chi connectivity index (χ1) is 12.7. The van der Waals surface area contributed by atoms with Crippen molar-refractivity contribution in [3.63, 3.8) is 0 Å². The average molecular weight is 367 g/mol. The number of nitrogens with zero attached hydrogens (tertiary/aromatic N) is 1. The molecule has 0 spiro atoms. The normalized spacial score (nSPS) is 11.8. The molecule has 0 saturated heterocycles. The Bertz CT molecular complexity index is 336. The van der Waals surface area contributed by atoms with Crippen LogP contribution in [0.25, 0.3) is 0 Å². The third-order valence-corrected chi connectivity index (χ3v) is 5.05. The predicted octanol–water partition coefficient (Wildman–Crippen LogP) is 6.22. The van der Waals surface area contributed by atoms with E-state index in [1.807, 2.05) is 6.92 Å². The van der Waals surface area contributed by atoms with E-state index in [4.69, 9.17) is 5.73 Å². The molecule has 1 amide bonds. The largest absolute Gasteiger partial charge is 0.339 e. The minimum atomic E-state index is 0.240. The maximum Gasteiger partial charge on any atom is 0.249 e. The predicted molar refractivity (Wildman–Crippen MR) is 115 cm³/mol. The second-order valence-electron chi connectivity index (χ2n) is 7.65. The van der Waals surface area contributed by atoms with Crippen LogP contribution >= 0.6 is 0 Å². The number of carbonyl (C=O) groups is 1. The number of hydrogen-bond acceptors (Lipinski definition) is 2. The number of rotatable bonds is 18. The van der Waals surface area contributed by atoms with Gasteiger partial charge in [0.15, 0.2) is 0 Å². The number of unbranched alkanes of at least 4 members (excludes halogenated alkanes) is 11. The molecule has 0 unspecified atom stereocenters. The molecule has 154 valence electrons. The van der Waals surface area contributed by atoms with Crippen LogP contribution in [-0.4, -0.2) is 30.4 Å². The lowest BCUT2D eigenvalue weighted by Crippen LogP contribution is -2.33. The molecule has 2 N–H and O–H groups in total. The molecule has 0 aromatic carbocycles. The van der Waals surface area contributed by atoms with Gasteiger partial charge in [-0.25, -0.2) is 0 Å². The minimum absolute atomic E-state index is 0.240. The van der Waals surface area contributed by atoms with E-state index in [9.17, 15) is 4.79 Å². The lowest BCUT2D eigenvalue weighted by Gasteiger charge is -2.23. The molecule has 0 aromatic heterocycles. The van der Waals surface area contributed by atoms with E-state index in [2.05, 4.69) is 24.8 Å². The number of carbonyl (C=O) groups excluding carboxylic acids is 1. The molecule has 0 fully saturated rings. The van der Waals surface area contributed by atoms with E-state index >= 15 is 0 Å². The summed E-state index contributed by atoms with van der Waals surface area (Å²) in [6, 6.07) is 0. The van der Waals surface area contributed by atoms with Crippen molar-refractivity contribution in [2.75, 3.05) is 19.6 Å². The first kappa shape index (κ1) is 25.2. The van der Waals surface area contributed by atoms with Gasteiger partial charge in [0.2, 0.25) is 5.91 Å². The van der Waals surface area contributed by atoms with Crippen molar-refractivity contribution in [2.45, 2.75) is 111 Å². The lowest BCUT2D eigenvalue weighted by atomic mass is 10.1. The highest BCUT2D eigenvalue weighted by molar-refractivity contribution is 5.92. The molecule has 0 saturated carbocycles. The van der Waals surface area contributed by atoms with Crippen LogP contribution < -0.4 is 5.73 Å². The van der Waals surface area contributed by atoms with Crippen LogP contribution in [0, 0.1) is 0 Å². The van der Waals surface area contributed by atoms with Crippen LogP contribution in [-0.2, 0) is 4.79 Å². The van der Waals surface area contributed by atoms with Crippen molar-refractivity contribution >= 4 is 5.91 Å². The molecule has 0 rings (SSSR count). The maximum absolute atomic E-state index is 12.8. The Morgan fingerprint density at radius 1 is 0.769 bits per heavy atom. The summed E-state index contributed by atoms with van der Waals surface area (Å²) < 4.78 is 0. The molecule has 3 nitrogen and oxygen atoms in total. The van der Waals surface area contributed by atoms with E-state index in [-0.39, 0.29) is 5.91 Å². The number of allylic oxidation sites excluding steroid dienone is 1. The Labute approximate surface area is 163 Å². The van der Waals surface area contributed by atoms with Gasteiger partial charge in [-0.05, 0) is 39.2 Å². The first-order valence-electron chi connectivity index (χ1n) is 11.3. The number of hydrogen-bond donors (Lipinski definition) is 1. The smallest absolute Gasteiger partial charge is 0.249 e. The fourth-order valence-corrected chi connectivity index (χ4v) is 3.25. The molecule has 26 heavy (non-hydrogen) atoms. The number of amides is 1. The Morgan fingerprint density at radius 2 is 1.23 bits per heavy atom. The quantitative estimate of drug-likeness (QED) is 0.231. The van der Waals surface area contributed by atoms with Crippen LogP contribution in [0.5, 0.6) is 0 Å². The molecule has 0 aliphatic heterocycles. The number of nitrogens with two attached hydrogens (primary N) is 1. The summed E-state index contributed by atoms with van der Waals surface area (Å²) in [5.74, 6) is 0.240. The molecule has 0 radical (unpaired) electrons. The van der Waals surface area contributed by atoms with Crippen molar-refractivity contribution in [1.82, 2.24) is 4.90 Å². The highest BCUT2D eigenvalue weighted by atomic mass is 16.2. The van der Waals surface area contributed by atoms with Crippen molar-refractivity contribution in [3.05, 3.63) is 11.6 Å². The lowest BCUT2D eigenvalue weighted by molar-refractivity contribution is -0.127. The Balaban J connectivity index is 4.32. The van der Waals surface area contributed by atoms with E-state index in [1.54, 1.807) is 0 Å². The molecular formula is C23H46N2O. The summed E-state index contributed by atoms with van der Waals surface area (Å²) in [6.07, 6.45) is 19.2. The topological polar surface area (TPSA) is 46.3 Å². The van der Waals surface area contributed by atoms with E-state index < -0.39 is 0 Å². The van der Waals surface area contributed by atoms with Gasteiger partial charge >= 0.3 is 0 Å². The molecule has 0 heterocycles. The molecule has 0 bridgehead atoms. The van der Waals surface area contributed by atoms with Crippen molar-refractivity contribution < 1.29 is 4.79 Å². The molecule has 0 atom stereocenters. The molecular weight excluding hydrogens is 320 g/mol. The van der Waals surface area contributed by atoms with Crippen LogP contribution in [0.1, 0.15) is 111 Å². The Kier molecular flexibility index (Phi) is 18.3. The zero-order valence-corrected chi connectivity index (χ0v) is 18.0. The van der Waals surface area contributed by atoms with Gasteiger partial charge in [-0.2, -0.15) is 0 Å². The Morgan fingerprint density at radius 3 is 1.69 bits per heavy atom. The highest BCUT2D eigenvalue weighted by Crippen LogP contribution is 2.12. The zero-order valence-electron chi connectivity index (χ0n) is 18.0. The standard InChI is InChI=1S/C23H46N2O/c1-4-6-8-10-12-16-20-25(21-17-13-11-9-7-5-2)23(26)22(3)18-14-15-19-24/h18H,4-17,19-21,24H2,1-3H3. The SMILES string of the molecule is CCCCCCCCN(CCCCCCCC)C(=O)C(C)=CCCCN. The van der Waals surface area contributed by atoms with Crippen molar-refractivity contribution in [1.29, 1.82) is 0 Å². The fourth-order valence-electron chi connectivity index (χ4n) is 3.25. The van der Waals surface area contributed by atoms with Crippen LogP contribution in [0.4, 0.5) is 0 Å². The van der Waals surface area contributed by atoms with Gasteiger partial charge in [0, 0.05) is 18.7 Å². The summed E-state index contributed by atoms with van der Waals surface area (Å²) in [6.45, 7) is 9.00. The molecule has 0 aromatic rings. The van der Waals surface area contributed by atoms with Crippen molar-refractivity contribution in [3.8, 4) is 0 Å². The van der Waals surface area contributed by atoms with Gasteiger partial charge in [-0.1, -0.05) is 84.1 Å². The maximum atomic E-state index is 12.8. The second kappa shape index (κ2) is 18.9. The zero-order chi connectivity index (χ0) is 19.5. The van der Waals surface area contributed by atoms with E-state index in [1.165, 1.54) is 64.2 Å². The van der Waals surface area contributed by atoms with Crippen LogP contribution in [0.3, 0.4) is 0 Å². The fraction of sp³-hybridized carbons (Fsp3) is 0.870. The highest BCUT2D eigenvalue weighted by Gasteiger charge is 2.14. The second-order valence-corrected chi connectivity index (χ2v) is 7.65. The van der Waals surface area contributed by atoms with Crippen LogP contribution in [0.2, 0.25) is 0 Å². The molecule has 3 heteroatoms. The van der Waals surface area contributed by atoms with Gasteiger partial charge in [0.05, 0.1) is 0 Å². The van der Waals surface area contributed by atoms with E-state index in [0.717, 1.165) is 44.3 Å². The third-order valence-electron chi connectivity index (χ3n) is 5.05. The monoisotopic (exact) mass is 366 g/mol. The van der Waals surface area contributed by atoms with Crippen LogP contribution in [0.15, 0.2) is 11.6 Å². The van der Waals surface area contributed by atoms with E-state index in [0.29, 0.717) is 6.54 Å². The third kappa shape index (κ3) is 14.4. The summed E-state index contributed by atoms with van der Waals surface area (Å²) in [7, 11) is 0. The average Bonchev–Trinajstić information content (AvgIpc) is 2.65. The van der Waals surface area contributed by atoms with Gasteiger partial charge in [-0.15, -0.1) is 0 Å². The summed E-state index contributed by atoms with van der Waals surface area (Å²) >= 11 is 0. The summed E-state index contributed by atoms with van der Waals surface area (Å²) in [4.78, 5) is 14.9. The Hall–Kier alpha value is -0.830. The van der Waals surface area contributed by atoms with Gasteiger partial charge in [0.25, 0.3) is 0 Å². The summed E-state index contributed by atoms with van der Waals surface area (Å²) in [5.41, 5.74) is 6.46. The molecule has 0 aliphatic rings. The first-order valence-corrected chi connectivity index (χ1v) is 11.3. The van der Waals surface area contributed by atoms with Gasteiger partial charge in [-0.3, -0.25) is 4.79 Å². The van der Waals surface area contributed by atoms with Crippen molar-refractivity contribution in [2.24, 2.45) is 5.73 Å².